The summed E-state index contributed by atoms with van der Waals surface area (Å²) >= 11 is 0. The third-order valence-corrected chi connectivity index (χ3v) is 5.71. The fraction of sp³-hybridized carbons (Fsp3) is 0.143. The van der Waals surface area contributed by atoms with Crippen LogP contribution in [-0.4, -0.2) is 9.85 Å². The Morgan fingerprint density at radius 2 is 1.54 bits per heavy atom. The minimum Gasteiger partial charge on any atom is -0.258 e. The summed E-state index contributed by atoms with van der Waals surface area (Å²) in [5, 5.41) is 21.8. The van der Waals surface area contributed by atoms with Gasteiger partial charge >= 0.3 is 5.69 Å². The third-order valence-electron chi connectivity index (χ3n) is 3.18. The second-order valence-corrected chi connectivity index (χ2v) is 6.98. The van der Waals surface area contributed by atoms with Crippen molar-refractivity contribution in [2.75, 3.05) is 0 Å². The molecule has 0 spiro atoms. The maximum atomic E-state index is 13.9. The van der Waals surface area contributed by atoms with Crippen molar-refractivity contribution < 1.29 is 18.6 Å². The van der Waals surface area contributed by atoms with Crippen LogP contribution in [0.15, 0.2) is 34.1 Å². The highest BCUT2D eigenvalue weighted by molar-refractivity contribution is 8.76. The number of hydrogen-bond donors (Lipinski definition) is 0. The lowest BCUT2D eigenvalue weighted by Crippen LogP contribution is -1.97. The molecule has 2 aromatic carbocycles. The summed E-state index contributed by atoms with van der Waals surface area (Å²) in [4.78, 5) is 20.8. The second-order valence-electron chi connectivity index (χ2n) is 4.77. The highest BCUT2D eigenvalue weighted by Gasteiger charge is 2.22. The van der Waals surface area contributed by atoms with Gasteiger partial charge in [-0.2, -0.15) is 4.39 Å². The molecule has 0 unspecified atom stereocenters. The van der Waals surface area contributed by atoms with Gasteiger partial charge in [-0.25, -0.2) is 4.39 Å². The van der Waals surface area contributed by atoms with Gasteiger partial charge in [-0.1, -0.05) is 10.8 Å². The van der Waals surface area contributed by atoms with Gasteiger partial charge in [0.2, 0.25) is 5.82 Å². The smallest absolute Gasteiger partial charge is 0.258 e. The summed E-state index contributed by atoms with van der Waals surface area (Å²) < 4.78 is 27.4. The van der Waals surface area contributed by atoms with Crippen molar-refractivity contribution in [3.63, 3.8) is 0 Å². The van der Waals surface area contributed by atoms with Crippen LogP contribution in [0.2, 0.25) is 0 Å². The van der Waals surface area contributed by atoms with E-state index in [2.05, 4.69) is 0 Å². The maximum absolute atomic E-state index is 13.9. The third kappa shape index (κ3) is 3.65. The van der Waals surface area contributed by atoms with Crippen molar-refractivity contribution in [3.05, 3.63) is 67.3 Å². The minimum atomic E-state index is -0.955. The van der Waals surface area contributed by atoms with E-state index >= 15 is 0 Å². The van der Waals surface area contributed by atoms with Crippen molar-refractivity contribution in [3.8, 4) is 0 Å². The van der Waals surface area contributed by atoms with E-state index in [9.17, 15) is 29.0 Å². The van der Waals surface area contributed by atoms with E-state index < -0.39 is 27.2 Å². The van der Waals surface area contributed by atoms with Crippen LogP contribution >= 0.6 is 21.6 Å². The highest BCUT2D eigenvalue weighted by atomic mass is 33.1. The van der Waals surface area contributed by atoms with Crippen LogP contribution in [0.5, 0.6) is 0 Å². The molecule has 0 aliphatic heterocycles. The zero-order valence-electron chi connectivity index (χ0n) is 12.4. The molecule has 0 bridgehead atoms. The molecule has 6 nitrogen and oxygen atoms in total. The normalized spacial score (nSPS) is 10.7. The van der Waals surface area contributed by atoms with Gasteiger partial charge in [-0.15, -0.1) is 0 Å². The molecule has 0 amide bonds. The summed E-state index contributed by atoms with van der Waals surface area (Å²) in [5.41, 5.74) is -0.558. The topological polar surface area (TPSA) is 86.3 Å². The summed E-state index contributed by atoms with van der Waals surface area (Å²) in [6, 6.07) is 4.47. The Bertz CT molecular complexity index is 844. The molecule has 0 aliphatic carbocycles. The zero-order valence-corrected chi connectivity index (χ0v) is 14.0. The summed E-state index contributed by atoms with van der Waals surface area (Å²) in [6.45, 7) is 2.81. The van der Waals surface area contributed by atoms with E-state index in [0.717, 1.165) is 39.8 Å². The molecule has 0 saturated carbocycles. The number of nitro benzene ring substituents is 2. The standard InChI is InChI=1S/C14H10F2N2O4S2/c1-7-5-10(16)13(6-11(7)17(19)20)24-23-12-4-3-9(15)14(8(12)2)18(21)22/h3-6H,1-2H3. The van der Waals surface area contributed by atoms with Gasteiger partial charge in [-0.3, -0.25) is 20.2 Å². The predicted octanol–water partition coefficient (Wildman–Crippen LogP) is 5.20. The first-order valence-corrected chi connectivity index (χ1v) is 8.60. The van der Waals surface area contributed by atoms with Crippen molar-refractivity contribution >= 4 is 33.0 Å². The highest BCUT2D eigenvalue weighted by Crippen LogP contribution is 2.43. The fourth-order valence-electron chi connectivity index (χ4n) is 1.96. The largest absolute Gasteiger partial charge is 0.308 e. The van der Waals surface area contributed by atoms with Gasteiger partial charge in [0, 0.05) is 22.1 Å². The quantitative estimate of drug-likeness (QED) is 0.407. The summed E-state index contributed by atoms with van der Waals surface area (Å²) in [6.07, 6.45) is 0. The van der Waals surface area contributed by atoms with Crippen molar-refractivity contribution in [2.24, 2.45) is 0 Å². The number of rotatable bonds is 5. The Labute approximate surface area is 143 Å². The average Bonchev–Trinajstić information content (AvgIpc) is 2.47. The zero-order chi connectivity index (χ0) is 18.0. The van der Waals surface area contributed by atoms with Crippen LogP contribution in [0.25, 0.3) is 0 Å². The molecule has 10 heteroatoms. The number of nitrogens with zero attached hydrogens (tertiary/aromatic N) is 2. The summed E-state index contributed by atoms with van der Waals surface area (Å²) in [7, 11) is 1.84. The first-order chi connectivity index (χ1) is 11.2. The lowest BCUT2D eigenvalue weighted by atomic mass is 10.2. The first kappa shape index (κ1) is 18.1. The van der Waals surface area contributed by atoms with E-state index in [1.54, 1.807) is 0 Å². The number of halogens is 2. The van der Waals surface area contributed by atoms with Gasteiger partial charge in [0.15, 0.2) is 0 Å². The number of aryl methyl sites for hydroxylation is 1. The Hall–Kier alpha value is -2.20. The van der Waals surface area contributed by atoms with E-state index in [-0.39, 0.29) is 21.7 Å². The van der Waals surface area contributed by atoms with E-state index in [1.165, 1.54) is 19.9 Å². The second kappa shape index (κ2) is 7.14. The first-order valence-electron chi connectivity index (χ1n) is 6.45. The van der Waals surface area contributed by atoms with E-state index in [4.69, 9.17) is 0 Å². The molecular weight excluding hydrogens is 362 g/mol. The molecule has 0 aromatic heterocycles. The van der Waals surface area contributed by atoms with Gasteiger partial charge in [0.05, 0.1) is 14.7 Å². The van der Waals surface area contributed by atoms with Crippen LogP contribution < -0.4 is 0 Å². The number of benzene rings is 2. The Morgan fingerprint density at radius 3 is 2.12 bits per heavy atom. The molecule has 0 heterocycles. The van der Waals surface area contributed by atoms with Crippen LogP contribution in [0.1, 0.15) is 11.1 Å². The minimum absolute atomic E-state index is 0.0173. The van der Waals surface area contributed by atoms with Crippen molar-refractivity contribution in [1.82, 2.24) is 0 Å². The van der Waals surface area contributed by atoms with Crippen LogP contribution in [0.4, 0.5) is 20.2 Å². The molecule has 24 heavy (non-hydrogen) atoms. The van der Waals surface area contributed by atoms with Gasteiger partial charge in [0.25, 0.3) is 5.69 Å². The lowest BCUT2D eigenvalue weighted by molar-refractivity contribution is -0.388. The summed E-state index contributed by atoms with van der Waals surface area (Å²) in [5.74, 6) is -1.59. The molecule has 0 N–H and O–H groups in total. The molecular formula is C14H10F2N2O4S2. The Kier molecular flexibility index (Phi) is 5.40. The van der Waals surface area contributed by atoms with Gasteiger partial charge in [0.1, 0.15) is 5.82 Å². The van der Waals surface area contributed by atoms with E-state index in [0.29, 0.717) is 4.90 Å². The molecule has 0 radical (unpaired) electrons. The van der Waals surface area contributed by atoms with E-state index in [1.807, 2.05) is 0 Å². The molecule has 0 aliphatic rings. The SMILES string of the molecule is Cc1cc(F)c(SSc2ccc(F)c([N+](=O)[O-])c2C)cc1[N+](=O)[O-]. The monoisotopic (exact) mass is 372 g/mol. The average molecular weight is 372 g/mol. The molecule has 0 saturated heterocycles. The Balaban J connectivity index is 2.32. The van der Waals surface area contributed by atoms with Crippen molar-refractivity contribution in [1.29, 1.82) is 0 Å². The number of nitro groups is 2. The maximum Gasteiger partial charge on any atom is 0.308 e. The molecule has 0 fully saturated rings. The van der Waals surface area contributed by atoms with Gasteiger partial charge in [-0.05, 0) is 42.8 Å². The lowest BCUT2D eigenvalue weighted by Gasteiger charge is -2.07. The fourth-order valence-corrected chi connectivity index (χ4v) is 4.24. The molecule has 2 aromatic rings. The molecule has 126 valence electrons. The van der Waals surface area contributed by atoms with Crippen molar-refractivity contribution in [2.45, 2.75) is 23.6 Å². The molecule has 2 rings (SSSR count). The van der Waals surface area contributed by atoms with Crippen LogP contribution in [-0.2, 0) is 0 Å². The molecule has 0 atom stereocenters. The Morgan fingerprint density at radius 1 is 0.917 bits per heavy atom. The van der Waals surface area contributed by atoms with Gasteiger partial charge < -0.3 is 0 Å². The van der Waals surface area contributed by atoms with Crippen LogP contribution in [0.3, 0.4) is 0 Å². The predicted molar refractivity (Wildman–Crippen MR) is 87.3 cm³/mol. The number of hydrogen-bond acceptors (Lipinski definition) is 6. The van der Waals surface area contributed by atoms with Crippen LogP contribution in [0, 0.1) is 45.7 Å².